The Morgan fingerprint density at radius 2 is 2.43 bits per heavy atom. The molecule has 0 bridgehead atoms. The molecule has 1 aromatic heterocycles. The van der Waals surface area contributed by atoms with Crippen molar-refractivity contribution in [3.8, 4) is 0 Å². The van der Waals surface area contributed by atoms with Gasteiger partial charge in [0.25, 0.3) is 0 Å². The molecule has 1 atom stereocenters. The number of nitrogens with one attached hydrogen (secondary N) is 1. The van der Waals surface area contributed by atoms with E-state index in [0.29, 0.717) is 0 Å². The van der Waals surface area contributed by atoms with Crippen LogP contribution < -0.4 is 5.32 Å². The third kappa shape index (κ3) is 2.22. The Morgan fingerprint density at radius 3 is 3.00 bits per heavy atom. The van der Waals surface area contributed by atoms with Crippen molar-refractivity contribution < 1.29 is 4.74 Å². The van der Waals surface area contributed by atoms with Crippen LogP contribution in [0.15, 0.2) is 0 Å². The second kappa shape index (κ2) is 3.82. The molecule has 0 amide bonds. The zero-order chi connectivity index (χ0) is 10.0. The molecule has 2 rings (SSSR count). The SMILES string of the molecule is Cc1nnc(NCC2(C)CCCO2)s1. The number of hydrogen-bond donors (Lipinski definition) is 1. The molecule has 1 aliphatic rings. The third-order valence-electron chi connectivity index (χ3n) is 2.44. The molecule has 0 aliphatic carbocycles. The summed E-state index contributed by atoms with van der Waals surface area (Å²) < 4.78 is 5.66. The van der Waals surface area contributed by atoms with Gasteiger partial charge in [-0.1, -0.05) is 11.3 Å². The lowest BCUT2D eigenvalue weighted by Crippen LogP contribution is -2.32. The van der Waals surface area contributed by atoms with Gasteiger partial charge in [0.05, 0.1) is 5.60 Å². The molecule has 14 heavy (non-hydrogen) atoms. The number of aryl methyl sites for hydroxylation is 1. The molecule has 1 fully saturated rings. The first-order valence-electron chi connectivity index (χ1n) is 4.86. The summed E-state index contributed by atoms with van der Waals surface area (Å²) in [7, 11) is 0. The quantitative estimate of drug-likeness (QED) is 0.832. The molecule has 1 aromatic rings. The lowest BCUT2D eigenvalue weighted by Gasteiger charge is -2.22. The highest BCUT2D eigenvalue weighted by atomic mass is 32.1. The molecule has 5 heteroatoms. The number of hydrogen-bond acceptors (Lipinski definition) is 5. The first-order chi connectivity index (χ1) is 6.68. The number of nitrogens with zero attached hydrogens (tertiary/aromatic N) is 2. The van der Waals surface area contributed by atoms with Crippen molar-refractivity contribution >= 4 is 16.5 Å². The summed E-state index contributed by atoms with van der Waals surface area (Å²) in [6, 6.07) is 0. The van der Waals surface area contributed by atoms with Gasteiger partial charge in [-0.2, -0.15) is 0 Å². The van der Waals surface area contributed by atoms with Gasteiger partial charge < -0.3 is 10.1 Å². The monoisotopic (exact) mass is 213 g/mol. The van der Waals surface area contributed by atoms with E-state index in [2.05, 4.69) is 22.4 Å². The van der Waals surface area contributed by atoms with Gasteiger partial charge in [-0.05, 0) is 26.7 Å². The summed E-state index contributed by atoms with van der Waals surface area (Å²) in [4.78, 5) is 0. The fourth-order valence-corrected chi connectivity index (χ4v) is 2.19. The van der Waals surface area contributed by atoms with Crippen LogP contribution in [0.2, 0.25) is 0 Å². The fraction of sp³-hybridized carbons (Fsp3) is 0.778. The predicted octanol–water partition coefficient (Wildman–Crippen LogP) is 1.83. The zero-order valence-electron chi connectivity index (χ0n) is 8.54. The van der Waals surface area contributed by atoms with Gasteiger partial charge in [0.15, 0.2) is 0 Å². The smallest absolute Gasteiger partial charge is 0.205 e. The van der Waals surface area contributed by atoms with Crippen molar-refractivity contribution in [2.45, 2.75) is 32.3 Å². The second-order valence-corrected chi connectivity index (χ2v) is 5.06. The number of anilines is 1. The van der Waals surface area contributed by atoms with Crippen LogP contribution >= 0.6 is 11.3 Å². The van der Waals surface area contributed by atoms with Gasteiger partial charge in [0.2, 0.25) is 5.13 Å². The Morgan fingerprint density at radius 1 is 1.57 bits per heavy atom. The minimum Gasteiger partial charge on any atom is -0.373 e. The van der Waals surface area contributed by atoms with Gasteiger partial charge in [0, 0.05) is 13.2 Å². The van der Waals surface area contributed by atoms with E-state index in [9.17, 15) is 0 Å². The van der Waals surface area contributed by atoms with Crippen molar-refractivity contribution in [2.24, 2.45) is 0 Å². The summed E-state index contributed by atoms with van der Waals surface area (Å²) in [5.41, 5.74) is -0.0143. The minimum absolute atomic E-state index is 0.0143. The second-order valence-electron chi connectivity index (χ2n) is 3.88. The predicted molar refractivity (Wildman–Crippen MR) is 56.7 cm³/mol. The van der Waals surface area contributed by atoms with Gasteiger partial charge in [-0.25, -0.2) is 0 Å². The Hall–Kier alpha value is -0.680. The van der Waals surface area contributed by atoms with Crippen LogP contribution in [0.25, 0.3) is 0 Å². The Bertz CT molecular complexity index is 307. The molecular weight excluding hydrogens is 198 g/mol. The Kier molecular flexibility index (Phi) is 2.69. The molecule has 0 spiro atoms. The first kappa shape index (κ1) is 9.86. The summed E-state index contributed by atoms with van der Waals surface area (Å²) in [5, 5.41) is 13.1. The largest absolute Gasteiger partial charge is 0.373 e. The third-order valence-corrected chi connectivity index (χ3v) is 3.24. The maximum Gasteiger partial charge on any atom is 0.205 e. The molecule has 2 heterocycles. The van der Waals surface area contributed by atoms with E-state index in [1.807, 2.05) is 6.92 Å². The number of rotatable bonds is 3. The van der Waals surface area contributed by atoms with Crippen molar-refractivity contribution in [2.75, 3.05) is 18.5 Å². The Labute approximate surface area is 87.7 Å². The van der Waals surface area contributed by atoms with Crippen LogP contribution in [-0.4, -0.2) is 29.0 Å². The zero-order valence-corrected chi connectivity index (χ0v) is 9.36. The highest BCUT2D eigenvalue weighted by molar-refractivity contribution is 7.15. The first-order valence-corrected chi connectivity index (χ1v) is 5.68. The van der Waals surface area contributed by atoms with Crippen molar-refractivity contribution in [3.05, 3.63) is 5.01 Å². The molecule has 4 nitrogen and oxygen atoms in total. The van der Waals surface area contributed by atoms with Crippen molar-refractivity contribution in [3.63, 3.8) is 0 Å². The van der Waals surface area contributed by atoms with E-state index in [0.717, 1.165) is 36.1 Å². The summed E-state index contributed by atoms with van der Waals surface area (Å²) >= 11 is 1.58. The number of aromatic nitrogens is 2. The van der Waals surface area contributed by atoms with E-state index in [1.165, 1.54) is 0 Å². The standard InChI is InChI=1S/C9H15N3OS/c1-7-11-12-8(14-7)10-6-9(2)4-3-5-13-9/h3-6H2,1-2H3,(H,10,12). The van der Waals surface area contributed by atoms with E-state index in [-0.39, 0.29) is 5.60 Å². The van der Waals surface area contributed by atoms with Crippen LogP contribution in [0.5, 0.6) is 0 Å². The molecule has 1 aliphatic heterocycles. The minimum atomic E-state index is -0.0143. The lowest BCUT2D eigenvalue weighted by atomic mass is 10.0. The topological polar surface area (TPSA) is 47.0 Å². The molecule has 1 unspecified atom stereocenters. The molecule has 78 valence electrons. The summed E-state index contributed by atoms with van der Waals surface area (Å²) in [5.74, 6) is 0. The molecule has 1 saturated heterocycles. The molecule has 1 N–H and O–H groups in total. The van der Waals surface area contributed by atoms with Crippen LogP contribution in [-0.2, 0) is 4.74 Å². The van der Waals surface area contributed by atoms with Gasteiger partial charge >= 0.3 is 0 Å². The number of ether oxygens (including phenoxy) is 1. The Balaban J connectivity index is 1.87. The summed E-state index contributed by atoms with van der Waals surface area (Å²) in [6.07, 6.45) is 2.28. The van der Waals surface area contributed by atoms with Crippen LogP contribution in [0, 0.1) is 6.92 Å². The van der Waals surface area contributed by atoms with Crippen molar-refractivity contribution in [1.82, 2.24) is 10.2 Å². The van der Waals surface area contributed by atoms with Gasteiger partial charge in [-0.3, -0.25) is 0 Å². The molecule has 0 aromatic carbocycles. The highest BCUT2D eigenvalue weighted by Crippen LogP contribution is 2.25. The van der Waals surface area contributed by atoms with E-state index in [1.54, 1.807) is 11.3 Å². The van der Waals surface area contributed by atoms with E-state index < -0.39 is 0 Å². The average Bonchev–Trinajstić information content (AvgIpc) is 2.73. The van der Waals surface area contributed by atoms with Crippen LogP contribution in [0.4, 0.5) is 5.13 Å². The fourth-order valence-electron chi connectivity index (χ4n) is 1.61. The molecular formula is C9H15N3OS. The lowest BCUT2D eigenvalue weighted by molar-refractivity contribution is 0.0315. The summed E-state index contributed by atoms with van der Waals surface area (Å²) in [6.45, 7) is 5.80. The highest BCUT2D eigenvalue weighted by Gasteiger charge is 2.29. The average molecular weight is 213 g/mol. The normalized spacial score (nSPS) is 26.7. The van der Waals surface area contributed by atoms with E-state index >= 15 is 0 Å². The maximum absolute atomic E-state index is 5.66. The molecule has 0 radical (unpaired) electrons. The van der Waals surface area contributed by atoms with Crippen molar-refractivity contribution in [1.29, 1.82) is 0 Å². The van der Waals surface area contributed by atoms with Gasteiger partial charge in [0.1, 0.15) is 5.01 Å². The van der Waals surface area contributed by atoms with Crippen LogP contribution in [0.1, 0.15) is 24.8 Å². The van der Waals surface area contributed by atoms with Crippen LogP contribution in [0.3, 0.4) is 0 Å². The van der Waals surface area contributed by atoms with Gasteiger partial charge in [-0.15, -0.1) is 10.2 Å². The molecule has 0 saturated carbocycles. The maximum atomic E-state index is 5.66. The van der Waals surface area contributed by atoms with E-state index in [4.69, 9.17) is 4.74 Å².